The summed E-state index contributed by atoms with van der Waals surface area (Å²) in [4.78, 5) is 0. The molecule has 0 aromatic heterocycles. The molecule has 6 bridgehead atoms. The molecular formula is C99H156. The summed E-state index contributed by atoms with van der Waals surface area (Å²) < 4.78 is 0. The molecular weight excluding hydrogens is 1190 g/mol. The lowest BCUT2D eigenvalue weighted by molar-refractivity contribution is 0.171. The number of allylic oxidation sites excluding steroid dienone is 6. The molecule has 0 saturated heterocycles. The average Bonchev–Trinajstić information content (AvgIpc) is 1.64. The predicted octanol–water partition coefficient (Wildman–Crippen LogP) is 30.1. The second kappa shape index (κ2) is 41.0. The molecule has 2 aromatic rings. The molecule has 0 spiro atoms. The smallest absolute Gasteiger partial charge is 0.00169 e. The van der Waals surface area contributed by atoms with Crippen LogP contribution >= 0.6 is 0 Å². The lowest BCUT2D eigenvalue weighted by Crippen LogP contribution is -2.22. The minimum absolute atomic E-state index is 0.856. The monoisotopic (exact) mass is 1350 g/mol. The van der Waals surface area contributed by atoms with Gasteiger partial charge in [-0.15, -0.1) is 0 Å². The number of fused-ring (bicyclic) bond motifs is 16. The highest BCUT2D eigenvalue weighted by Gasteiger charge is 2.44. The quantitative estimate of drug-likeness (QED) is 0.231. The Bertz CT molecular complexity index is 2460. The maximum Gasteiger partial charge on any atom is -0.00169 e. The zero-order chi connectivity index (χ0) is 66.9. The second-order valence-corrected chi connectivity index (χ2v) is 38.6. The number of aryl methyl sites for hydroxylation is 4. The van der Waals surface area contributed by atoms with E-state index in [-0.39, 0.29) is 0 Å². The van der Waals surface area contributed by atoms with E-state index in [4.69, 9.17) is 0 Å². The number of hydrogen-bond donors (Lipinski definition) is 0. The summed E-state index contributed by atoms with van der Waals surface area (Å²) in [7, 11) is 0. The summed E-state index contributed by atoms with van der Waals surface area (Å²) in [5.41, 5.74) is 7.96. The molecule has 99 heavy (non-hydrogen) atoms. The number of benzene rings is 2. The van der Waals surface area contributed by atoms with Crippen LogP contribution in [0.15, 0.2) is 84.5 Å². The molecule has 23 aliphatic rings. The van der Waals surface area contributed by atoms with Crippen LogP contribution in [-0.2, 0) is 25.7 Å². The highest BCUT2D eigenvalue weighted by molar-refractivity contribution is 5.31. The third-order valence-corrected chi connectivity index (χ3v) is 32.0. The van der Waals surface area contributed by atoms with Gasteiger partial charge >= 0.3 is 0 Å². The van der Waals surface area contributed by atoms with Crippen molar-refractivity contribution in [2.45, 2.75) is 398 Å². The molecule has 19 saturated carbocycles. The molecule has 0 N–H and O–H groups in total. The van der Waals surface area contributed by atoms with Crippen LogP contribution in [0.3, 0.4) is 0 Å². The minimum Gasteiger partial charge on any atom is -0.0880 e. The Balaban J connectivity index is 0.0000000972. The van der Waals surface area contributed by atoms with Crippen molar-refractivity contribution < 1.29 is 0 Å². The fourth-order valence-electron chi connectivity index (χ4n) is 25.2. The molecule has 552 valence electrons. The van der Waals surface area contributed by atoms with Crippen molar-refractivity contribution in [1.82, 2.24) is 0 Å². The Kier molecular flexibility index (Phi) is 31.0. The van der Waals surface area contributed by atoms with E-state index >= 15 is 0 Å². The predicted molar refractivity (Wildman–Crippen MR) is 428 cm³/mol. The summed E-state index contributed by atoms with van der Waals surface area (Å²) >= 11 is 0. The Hall–Kier alpha value is -2.34. The first-order chi connectivity index (χ1) is 49.0. The molecule has 2 aromatic carbocycles. The third-order valence-electron chi connectivity index (χ3n) is 32.0. The third kappa shape index (κ3) is 24.3. The fraction of sp³-hybridized carbons (Fsp3) is 0.818. The van der Waals surface area contributed by atoms with Gasteiger partial charge in [0, 0.05) is 0 Å². The van der Waals surface area contributed by atoms with E-state index in [1.54, 1.807) is 246 Å². The van der Waals surface area contributed by atoms with Crippen LogP contribution in [0.1, 0.15) is 395 Å². The van der Waals surface area contributed by atoms with E-state index in [1.165, 1.54) is 239 Å². The maximum atomic E-state index is 2.43. The van der Waals surface area contributed by atoms with Gasteiger partial charge < -0.3 is 0 Å². The summed E-state index contributed by atoms with van der Waals surface area (Å²) in [6.07, 6.45) is 105. The van der Waals surface area contributed by atoms with E-state index in [2.05, 4.69) is 78.9 Å². The van der Waals surface area contributed by atoms with Gasteiger partial charge in [-0.05, 0) is 257 Å². The van der Waals surface area contributed by atoms with E-state index in [0.29, 0.717) is 0 Å². The van der Waals surface area contributed by atoms with Crippen molar-refractivity contribution in [3.63, 3.8) is 0 Å². The minimum atomic E-state index is 0.856. The van der Waals surface area contributed by atoms with Crippen LogP contribution in [0, 0.1) is 112 Å². The van der Waals surface area contributed by atoms with Gasteiger partial charge in [-0.25, -0.2) is 0 Å². The molecule has 0 amide bonds. The summed E-state index contributed by atoms with van der Waals surface area (Å²) in [5.74, 6) is 21.7. The molecule has 9 unspecified atom stereocenters. The summed E-state index contributed by atoms with van der Waals surface area (Å²) in [6.45, 7) is 0. The van der Waals surface area contributed by atoms with Crippen molar-refractivity contribution in [2.24, 2.45) is 112 Å². The SMILES string of the molecule is C1=CC2CCCC2=C1.C1=CC2CCCCC2C1.C1CC2CC12.C1CC2CCC1C2.C1CC2CCC1CC2.C1CC2CCCC(C1)C2.C1CC2CCCC2C1.C1CCC2CC2C1.C1CCC2CCCC2C1.C1CCC2CCCCC2C1.c1ccc2c(c1)CCC2.c1ccc2c(c1)CCCC2. The van der Waals surface area contributed by atoms with Gasteiger partial charge in [0.2, 0.25) is 0 Å². The first kappa shape index (κ1) is 74.9. The van der Waals surface area contributed by atoms with E-state index in [1.807, 2.05) is 0 Å². The first-order valence-electron chi connectivity index (χ1n) is 46.2. The average molecular weight is 1350 g/mol. The van der Waals surface area contributed by atoms with Gasteiger partial charge in [-0.3, -0.25) is 0 Å². The molecule has 0 heteroatoms. The Morgan fingerprint density at radius 1 is 0.212 bits per heavy atom. The Labute approximate surface area is 613 Å². The van der Waals surface area contributed by atoms with Crippen molar-refractivity contribution in [3.8, 4) is 0 Å². The Morgan fingerprint density at radius 3 is 0.869 bits per heavy atom. The zero-order valence-electron chi connectivity index (χ0n) is 64.8. The lowest BCUT2D eigenvalue weighted by atomic mass is 9.71. The van der Waals surface area contributed by atoms with Gasteiger partial charge in [0.05, 0.1) is 0 Å². The summed E-state index contributed by atoms with van der Waals surface area (Å²) in [5, 5.41) is 0. The molecule has 25 rings (SSSR count). The largest absolute Gasteiger partial charge is 0.0880 e. The number of rotatable bonds is 0. The molecule has 9 atom stereocenters. The zero-order valence-corrected chi connectivity index (χ0v) is 64.8. The second-order valence-electron chi connectivity index (χ2n) is 38.6. The topological polar surface area (TPSA) is 0 Å². The van der Waals surface area contributed by atoms with Crippen molar-refractivity contribution in [3.05, 3.63) is 107 Å². The van der Waals surface area contributed by atoms with Crippen molar-refractivity contribution >= 4 is 0 Å². The van der Waals surface area contributed by atoms with Crippen molar-refractivity contribution in [1.29, 1.82) is 0 Å². The van der Waals surface area contributed by atoms with E-state index in [9.17, 15) is 0 Å². The van der Waals surface area contributed by atoms with Crippen LogP contribution in [0.5, 0.6) is 0 Å². The highest BCUT2D eigenvalue weighted by atomic mass is 14.5. The van der Waals surface area contributed by atoms with Crippen LogP contribution in [0.4, 0.5) is 0 Å². The van der Waals surface area contributed by atoms with E-state index in [0.717, 1.165) is 53.3 Å². The van der Waals surface area contributed by atoms with Crippen LogP contribution in [0.2, 0.25) is 0 Å². The summed E-state index contributed by atoms with van der Waals surface area (Å²) in [6, 6.07) is 17.5. The van der Waals surface area contributed by atoms with Gasteiger partial charge in [-0.2, -0.15) is 0 Å². The van der Waals surface area contributed by atoms with Gasteiger partial charge in [0.25, 0.3) is 0 Å². The highest BCUT2D eigenvalue weighted by Crippen LogP contribution is 2.55. The maximum absolute atomic E-state index is 2.43. The van der Waals surface area contributed by atoms with Crippen molar-refractivity contribution in [2.75, 3.05) is 0 Å². The molecule has 23 aliphatic carbocycles. The molecule has 0 radical (unpaired) electrons. The van der Waals surface area contributed by atoms with E-state index < -0.39 is 0 Å². The van der Waals surface area contributed by atoms with Gasteiger partial charge in [0.1, 0.15) is 0 Å². The fourth-order valence-corrected chi connectivity index (χ4v) is 25.2. The van der Waals surface area contributed by atoms with Crippen LogP contribution in [-0.4, -0.2) is 0 Å². The molecule has 0 heterocycles. The lowest BCUT2D eigenvalue weighted by Gasteiger charge is -2.35. The first-order valence-corrected chi connectivity index (χ1v) is 46.2. The number of hydrogen-bond acceptors (Lipinski definition) is 0. The Morgan fingerprint density at radius 2 is 0.535 bits per heavy atom. The van der Waals surface area contributed by atoms with Gasteiger partial charge in [-0.1, -0.05) is 361 Å². The van der Waals surface area contributed by atoms with Gasteiger partial charge in [0.15, 0.2) is 0 Å². The van der Waals surface area contributed by atoms with Crippen LogP contribution in [0.25, 0.3) is 0 Å². The van der Waals surface area contributed by atoms with Crippen LogP contribution < -0.4 is 0 Å². The standard InChI is InChI=1S/C10H18.C10H12.2C9H16.C9H14.C9H10.C8H14.C8H10.C8H14.2C7H12.C5H8/c2*1-2-6-10-8-4-3-7-9(10)5-1;1-3-8-5-2-6-9(4-1)7-8;3*1-2-5-9-7-3-6-8(9)4-1;2*1-3-7-5-2-6-8(7)4-1;1-2-8-5-3-7(1)4-6-8;1-2-7-4-3-6(1)5-7;1-2-4-7-5-6(7)3-1;1-2-5-3-4(1)5/h9-10H,1-8H2;1-2,5-6H,3-4,7-8H2;2*8-9H,1-7H2;3,6,8-9H,1-2,4-5,7H2;1-2,4-5H,3,6-7H2;7-8H,1-6H2;1,3-4,7H,2,5-6H2;7-8H,1-6H2;2*6-7H,1-5H2;4-5H,1-3H2. The molecule has 19 fully saturated rings. The molecule has 0 nitrogen and oxygen atoms in total. The molecule has 0 aliphatic heterocycles. The normalized spacial score (nSPS) is 38.3.